The van der Waals surface area contributed by atoms with E-state index in [1.807, 2.05) is 6.07 Å². The van der Waals surface area contributed by atoms with Crippen LogP contribution < -0.4 is 5.32 Å². The van der Waals surface area contributed by atoms with E-state index in [1.54, 1.807) is 0 Å². The van der Waals surface area contributed by atoms with Crippen LogP contribution >= 0.6 is 12.2 Å². The van der Waals surface area contributed by atoms with Crippen LogP contribution in [0.2, 0.25) is 19.6 Å². The highest BCUT2D eigenvalue weighted by atomic mass is 32.1. The first kappa shape index (κ1) is 11.4. The number of nitrogens with one attached hydrogen (secondary N) is 1. The summed E-state index contributed by atoms with van der Waals surface area (Å²) in [5.41, 5.74) is 1.29. The van der Waals surface area contributed by atoms with Gasteiger partial charge in [0.05, 0.1) is 4.61 Å². The summed E-state index contributed by atoms with van der Waals surface area (Å²) in [5, 5.41) is 3.33. The van der Waals surface area contributed by atoms with Gasteiger partial charge < -0.3 is 5.32 Å². The summed E-state index contributed by atoms with van der Waals surface area (Å²) in [6, 6.07) is 10.4. The van der Waals surface area contributed by atoms with Gasteiger partial charge in [-0.3, -0.25) is 0 Å². The van der Waals surface area contributed by atoms with E-state index in [-0.39, 0.29) is 0 Å². The molecule has 0 amide bonds. The number of hydrogen-bond donors (Lipinski definition) is 1. The minimum Gasteiger partial charge on any atom is -0.379 e. The normalized spacial score (nSPS) is 11.1. The molecule has 0 spiro atoms. The maximum Gasteiger partial charge on any atom is 0.112 e. The molecule has 0 aliphatic heterocycles. The van der Waals surface area contributed by atoms with Crippen molar-refractivity contribution in [3.05, 3.63) is 35.9 Å². The van der Waals surface area contributed by atoms with Crippen LogP contribution in [0.3, 0.4) is 0 Å². The summed E-state index contributed by atoms with van der Waals surface area (Å²) in [5.74, 6) is 0. The van der Waals surface area contributed by atoms with Crippen molar-refractivity contribution in [2.24, 2.45) is 0 Å². The Morgan fingerprint density at radius 3 is 2.29 bits per heavy atom. The Balaban J connectivity index is 2.46. The molecule has 0 aliphatic rings. The summed E-state index contributed by atoms with van der Waals surface area (Å²) in [6.07, 6.45) is 0. The average Bonchev–Trinajstić information content (AvgIpc) is 2.14. The van der Waals surface area contributed by atoms with Gasteiger partial charge in [0.2, 0.25) is 0 Å². The maximum atomic E-state index is 5.34. The van der Waals surface area contributed by atoms with Crippen molar-refractivity contribution >= 4 is 24.9 Å². The molecule has 0 unspecified atom stereocenters. The molecule has 14 heavy (non-hydrogen) atoms. The lowest BCUT2D eigenvalue weighted by Gasteiger charge is -2.19. The van der Waals surface area contributed by atoms with Crippen molar-refractivity contribution in [1.29, 1.82) is 0 Å². The fraction of sp³-hybridized carbons (Fsp3) is 0.364. The molecule has 0 saturated heterocycles. The summed E-state index contributed by atoms with van der Waals surface area (Å²) in [4.78, 5) is 0. The van der Waals surface area contributed by atoms with Crippen molar-refractivity contribution in [2.75, 3.05) is 0 Å². The monoisotopic (exact) mass is 223 g/mol. The van der Waals surface area contributed by atoms with Gasteiger partial charge in [0.15, 0.2) is 0 Å². The molecule has 0 aliphatic carbocycles. The van der Waals surface area contributed by atoms with E-state index in [9.17, 15) is 0 Å². The molecule has 1 N–H and O–H groups in total. The van der Waals surface area contributed by atoms with E-state index in [2.05, 4.69) is 49.2 Å². The summed E-state index contributed by atoms with van der Waals surface area (Å²) < 4.78 is 1.06. The zero-order chi connectivity index (χ0) is 10.6. The largest absolute Gasteiger partial charge is 0.379 e. The predicted molar refractivity (Wildman–Crippen MR) is 69.2 cm³/mol. The van der Waals surface area contributed by atoms with Gasteiger partial charge in [-0.1, -0.05) is 62.2 Å². The Bertz CT molecular complexity index is 303. The molecule has 1 aromatic rings. The molecule has 0 saturated carbocycles. The van der Waals surface area contributed by atoms with E-state index in [0.717, 1.165) is 11.2 Å². The van der Waals surface area contributed by atoms with Crippen LogP contribution in [0, 0.1) is 0 Å². The first-order valence-corrected chi connectivity index (χ1v) is 8.73. The Hall–Kier alpha value is -0.673. The van der Waals surface area contributed by atoms with Gasteiger partial charge in [0.25, 0.3) is 0 Å². The van der Waals surface area contributed by atoms with Gasteiger partial charge in [0, 0.05) is 6.54 Å². The predicted octanol–water partition coefficient (Wildman–Crippen LogP) is 2.98. The number of hydrogen-bond acceptors (Lipinski definition) is 1. The van der Waals surface area contributed by atoms with E-state index >= 15 is 0 Å². The van der Waals surface area contributed by atoms with Crippen molar-refractivity contribution in [1.82, 2.24) is 5.32 Å². The standard InChI is InChI=1S/C11H17NSSi/c1-14(2,3)11(13)12-9-10-7-5-4-6-8-10/h4-8H,9H2,1-3H3,(H,12,13). The molecular formula is C11H17NSSi. The lowest BCUT2D eigenvalue weighted by Crippen LogP contribution is -2.41. The number of rotatable bonds is 3. The van der Waals surface area contributed by atoms with Crippen LogP contribution in [0.15, 0.2) is 30.3 Å². The minimum atomic E-state index is -1.29. The molecule has 0 aromatic heterocycles. The van der Waals surface area contributed by atoms with Crippen molar-refractivity contribution < 1.29 is 0 Å². The Morgan fingerprint density at radius 2 is 1.79 bits per heavy atom. The van der Waals surface area contributed by atoms with Crippen LogP contribution in [0.25, 0.3) is 0 Å². The van der Waals surface area contributed by atoms with E-state index in [0.29, 0.717) is 0 Å². The van der Waals surface area contributed by atoms with Crippen LogP contribution in [0.1, 0.15) is 5.56 Å². The lowest BCUT2D eigenvalue weighted by atomic mass is 10.2. The summed E-state index contributed by atoms with van der Waals surface area (Å²) in [7, 11) is -1.29. The topological polar surface area (TPSA) is 12.0 Å². The Morgan fingerprint density at radius 1 is 1.21 bits per heavy atom. The third kappa shape index (κ3) is 3.60. The molecule has 1 aromatic carbocycles. The van der Waals surface area contributed by atoms with Gasteiger partial charge in [-0.15, -0.1) is 0 Å². The Labute approximate surface area is 92.5 Å². The molecule has 0 fully saturated rings. The second kappa shape index (κ2) is 4.71. The molecular weight excluding hydrogens is 206 g/mol. The van der Waals surface area contributed by atoms with Crippen molar-refractivity contribution in [2.45, 2.75) is 26.2 Å². The molecule has 76 valence electrons. The zero-order valence-corrected chi connectivity index (χ0v) is 10.8. The third-order valence-electron chi connectivity index (χ3n) is 1.98. The van der Waals surface area contributed by atoms with Gasteiger partial charge in [-0.2, -0.15) is 0 Å². The summed E-state index contributed by atoms with van der Waals surface area (Å²) >= 11 is 5.34. The molecule has 1 rings (SSSR count). The second-order valence-electron chi connectivity index (χ2n) is 4.42. The fourth-order valence-corrected chi connectivity index (χ4v) is 1.73. The van der Waals surface area contributed by atoms with Crippen LogP contribution in [0.5, 0.6) is 0 Å². The van der Waals surface area contributed by atoms with Gasteiger partial charge in [-0.25, -0.2) is 0 Å². The molecule has 1 nitrogen and oxygen atoms in total. The van der Waals surface area contributed by atoms with E-state index < -0.39 is 8.07 Å². The quantitative estimate of drug-likeness (QED) is 0.624. The van der Waals surface area contributed by atoms with Gasteiger partial charge in [-0.05, 0) is 5.56 Å². The average molecular weight is 223 g/mol. The Kier molecular flexibility index (Phi) is 3.83. The molecule has 3 heteroatoms. The fourth-order valence-electron chi connectivity index (χ4n) is 1.04. The van der Waals surface area contributed by atoms with Gasteiger partial charge >= 0.3 is 0 Å². The summed E-state index contributed by atoms with van der Waals surface area (Å²) in [6.45, 7) is 7.62. The van der Waals surface area contributed by atoms with Crippen LogP contribution in [-0.2, 0) is 6.54 Å². The van der Waals surface area contributed by atoms with Crippen molar-refractivity contribution in [3.8, 4) is 0 Å². The van der Waals surface area contributed by atoms with Crippen LogP contribution in [0.4, 0.5) is 0 Å². The van der Waals surface area contributed by atoms with Crippen molar-refractivity contribution in [3.63, 3.8) is 0 Å². The highest BCUT2D eigenvalue weighted by Crippen LogP contribution is 2.04. The van der Waals surface area contributed by atoms with Gasteiger partial charge in [0.1, 0.15) is 8.07 Å². The maximum absolute atomic E-state index is 5.34. The third-order valence-corrected chi connectivity index (χ3v) is 5.50. The highest BCUT2D eigenvalue weighted by molar-refractivity contribution is 7.84. The lowest BCUT2D eigenvalue weighted by molar-refractivity contribution is 0.935. The zero-order valence-electron chi connectivity index (χ0n) is 9.00. The van der Waals surface area contributed by atoms with E-state index in [4.69, 9.17) is 12.2 Å². The molecule has 0 heterocycles. The molecule has 0 bridgehead atoms. The first-order valence-electron chi connectivity index (χ1n) is 4.82. The molecule has 0 radical (unpaired) electrons. The number of thiocarbonyl (C=S) groups is 1. The smallest absolute Gasteiger partial charge is 0.112 e. The molecule has 0 atom stereocenters. The minimum absolute atomic E-state index is 0.851. The van der Waals surface area contributed by atoms with E-state index in [1.165, 1.54) is 5.56 Å². The SMILES string of the molecule is C[Si](C)(C)C(=S)NCc1ccccc1. The highest BCUT2D eigenvalue weighted by Gasteiger charge is 2.18. The van der Waals surface area contributed by atoms with Crippen LogP contribution in [-0.4, -0.2) is 12.7 Å². The first-order chi connectivity index (χ1) is 6.50. The second-order valence-corrected chi connectivity index (χ2v) is 10.2. The number of benzene rings is 1.